The number of carbonyl (C=O) groups excluding carboxylic acids is 8. The smallest absolute Gasteiger partial charge is 0.550 e. The van der Waals surface area contributed by atoms with Crippen LogP contribution in [0, 0.1) is 0 Å². The minimum absolute atomic E-state index is 0. The molecule has 0 rings (SSSR count). The van der Waals surface area contributed by atoms with E-state index in [9.17, 15) is 73.8 Å². The van der Waals surface area contributed by atoms with Crippen molar-refractivity contribution in [2.75, 3.05) is 34.5 Å². The number of carboxylic acid groups (broad SMARTS) is 12. The van der Waals surface area contributed by atoms with Gasteiger partial charge in [0.05, 0.1) is 35.4 Å². The fourth-order valence-electron chi connectivity index (χ4n) is 5.23. The van der Waals surface area contributed by atoms with Gasteiger partial charge in [0.1, 0.15) is 0 Å². The van der Waals surface area contributed by atoms with Crippen molar-refractivity contribution in [2.45, 2.75) is 228 Å². The summed E-state index contributed by atoms with van der Waals surface area (Å²) in [6.45, 7) is 9.60. The van der Waals surface area contributed by atoms with Gasteiger partial charge in [-0.25, -0.2) is 0 Å². The molecule has 0 radical (unpaired) electrons. The van der Waals surface area contributed by atoms with E-state index in [1.165, 1.54) is 122 Å². The van der Waals surface area contributed by atoms with Crippen molar-refractivity contribution in [2.24, 2.45) is 0 Å². The van der Waals surface area contributed by atoms with Crippen molar-refractivity contribution >= 4 is 258 Å². The molecule has 86 heavy (non-hydrogen) atoms. The number of rotatable bonds is 41. The second-order valence-corrected chi connectivity index (χ2v) is 19.7. The average Bonchev–Trinajstić information content (AvgIpc) is 3.31. The third kappa shape index (κ3) is 231. The molecule has 0 bridgehead atoms. The number of carboxylic acids is 12. The summed E-state index contributed by atoms with van der Waals surface area (Å²) in [7, 11) is 0. The van der Waals surface area contributed by atoms with E-state index in [1.54, 1.807) is 0 Å². The van der Waals surface area contributed by atoms with E-state index in [2.05, 4.69) is 20.8 Å². The summed E-state index contributed by atoms with van der Waals surface area (Å²) >= 11 is 2.36. The predicted molar refractivity (Wildman–Crippen MR) is 314 cm³/mol. The Morgan fingerprint density at radius 3 is 0.558 bits per heavy atom. The van der Waals surface area contributed by atoms with Gasteiger partial charge in [-0.15, -0.1) is 35.3 Å². The standard InChI is InChI=1S/C18H36O2.C9H18O2.C8H16O2.3C4H6O4S.3C2H4O2.4Ca.2Zn/c1-2-3-4-5-6-7-8-9-10-11-12-13-14-15-16-17-18(19)20;1-2-3-4-5-6-7-8-9(10)11;1-2-3-4-5-6-7-8(9)10;3*5-3(6)1-9-2-4(7)8;3*1-2(3)4;;;;;;/h2-17H2,1H3,(H,19,20);2-8H2,1H3,(H,10,11);2-7H2,1H3,(H,9,10);3*1-2H2,(H,5,6)(H,7,8);3*1H3,(H,3,4);;;;;;/q;;;;;;;;;4*+2;;/p-8. The molecule has 0 heterocycles. The molecule has 0 aliphatic carbocycles. The van der Waals surface area contributed by atoms with Gasteiger partial charge in [-0.1, -0.05) is 168 Å². The molecule has 0 aliphatic rings. The molecule has 24 nitrogen and oxygen atoms in total. The van der Waals surface area contributed by atoms with Crippen LogP contribution in [0.1, 0.15) is 228 Å². The second-order valence-electron chi connectivity index (χ2n) is 16.8. The first-order chi connectivity index (χ1) is 37.4. The maximum atomic E-state index is 10.3. The quantitative estimate of drug-likeness (QED) is 0.0435. The molecular formula is C53H92Ca4O24S3Zn2. The molecule has 0 aromatic carbocycles. The number of hydrogen-bond donors (Lipinski definition) is 4. The Hall–Kier alpha value is 0.976. The molecular weight excluding hydrogens is 1410 g/mol. The molecule has 478 valence electrons. The van der Waals surface area contributed by atoms with E-state index in [1.807, 2.05) is 0 Å². The molecule has 0 amide bonds. The minimum atomic E-state index is -1.26. The number of thioether (sulfide) groups is 3. The van der Waals surface area contributed by atoms with Gasteiger partial charge in [-0.05, 0) is 46.0 Å². The maximum absolute atomic E-state index is 10.3. The first-order valence-electron chi connectivity index (χ1n) is 26.5. The van der Waals surface area contributed by atoms with Crippen LogP contribution in [0.25, 0.3) is 0 Å². The molecule has 0 saturated carbocycles. The van der Waals surface area contributed by atoms with Gasteiger partial charge in [0.2, 0.25) is 0 Å². The Bertz CT molecular complexity index is 1410. The normalized spacial score (nSPS) is 8.58. The minimum Gasteiger partial charge on any atom is -0.550 e. The summed E-state index contributed by atoms with van der Waals surface area (Å²) in [4.78, 5) is 115. The van der Waals surface area contributed by atoms with Crippen LogP contribution < -0.4 is 40.9 Å². The number of carbonyl (C=O) groups is 12. The third-order valence-electron chi connectivity index (χ3n) is 8.54. The summed E-state index contributed by atoms with van der Waals surface area (Å²) in [5.41, 5.74) is 0. The van der Waals surface area contributed by atoms with Crippen LogP contribution in [-0.2, 0) is 96.5 Å². The largest absolute Gasteiger partial charge is 2.00 e. The monoisotopic (exact) mass is 1500 g/mol. The average molecular weight is 1500 g/mol. The molecule has 0 spiro atoms. The van der Waals surface area contributed by atoms with Crippen molar-refractivity contribution in [1.82, 2.24) is 0 Å². The van der Waals surface area contributed by atoms with E-state index in [0.29, 0.717) is 6.42 Å². The van der Waals surface area contributed by atoms with Crippen LogP contribution in [0.3, 0.4) is 0 Å². The van der Waals surface area contributed by atoms with Crippen LogP contribution in [0.4, 0.5) is 0 Å². The Morgan fingerprint density at radius 2 is 0.419 bits per heavy atom. The van der Waals surface area contributed by atoms with Crippen molar-refractivity contribution in [3.8, 4) is 0 Å². The number of unbranched alkanes of at least 4 members (excludes halogenated alkanes) is 23. The van der Waals surface area contributed by atoms with Gasteiger partial charge in [0, 0.05) is 99.2 Å². The molecule has 0 aliphatic heterocycles. The first kappa shape index (κ1) is 124. The third-order valence-corrected chi connectivity index (χ3v) is 11.2. The van der Waals surface area contributed by atoms with E-state index in [-0.39, 0.29) is 237 Å². The summed E-state index contributed by atoms with van der Waals surface area (Å²) in [5, 5.41) is 108. The molecule has 33 heteroatoms. The molecule has 0 fully saturated rings. The van der Waals surface area contributed by atoms with E-state index >= 15 is 0 Å². The van der Waals surface area contributed by atoms with E-state index < -0.39 is 71.6 Å². The van der Waals surface area contributed by atoms with Crippen molar-refractivity contribution in [3.05, 3.63) is 0 Å². The van der Waals surface area contributed by atoms with Crippen molar-refractivity contribution < 1.29 is 158 Å². The topological polar surface area (TPSA) is 470 Å². The van der Waals surface area contributed by atoms with Crippen LogP contribution in [0.2, 0.25) is 0 Å². The fourth-order valence-corrected chi connectivity index (χ4v) is 6.55. The van der Waals surface area contributed by atoms with Crippen LogP contribution in [-0.4, -0.2) is 278 Å². The number of aliphatic carboxylic acids is 12. The predicted octanol–water partition coefficient (Wildman–Crippen LogP) is -0.681. The Labute approximate surface area is 668 Å². The fraction of sp³-hybridized carbons (Fsp3) is 0.774. The van der Waals surface area contributed by atoms with Gasteiger partial charge >= 0.3 is 169 Å². The zero-order valence-electron chi connectivity index (χ0n) is 52.2. The summed E-state index contributed by atoms with van der Waals surface area (Å²) in [5.74, 6) is -14.0. The van der Waals surface area contributed by atoms with Gasteiger partial charge in [-0.2, -0.15) is 0 Å². The molecule has 0 aromatic heterocycles. The molecule has 0 saturated heterocycles. The molecule has 0 aromatic rings. The zero-order chi connectivity index (χ0) is 63.8. The van der Waals surface area contributed by atoms with Gasteiger partial charge < -0.3 is 99.6 Å². The SMILES string of the molecule is CC(=O)O.CC(=O)[O-].CC(=O)[O-].CCCCCCCC(=O)[O-].CCCCCCCCC(=O)[O-].CCCCCCCCCCCCCCCCCC(=O)O.O=C(O)CSCC(=O)O.O=C([O-])CSCC(=O)[O-].O=C([O-])CSCC(=O)[O-].[Ca+2].[Ca+2].[Ca+2].[Ca+2].[Zn].[Zn]. The van der Waals surface area contributed by atoms with Crippen molar-refractivity contribution in [3.63, 3.8) is 0 Å². The van der Waals surface area contributed by atoms with E-state index in [4.69, 9.17) is 45.0 Å². The van der Waals surface area contributed by atoms with Crippen LogP contribution >= 0.6 is 35.3 Å². The second kappa shape index (κ2) is 110. The molecule has 0 atom stereocenters. The van der Waals surface area contributed by atoms with Gasteiger partial charge in [0.15, 0.2) is 0 Å². The molecule has 0 unspecified atom stereocenters. The van der Waals surface area contributed by atoms with Gasteiger partial charge in [0.25, 0.3) is 5.97 Å². The van der Waals surface area contributed by atoms with Crippen molar-refractivity contribution in [1.29, 1.82) is 0 Å². The Kier molecular flexibility index (Phi) is 159. The Morgan fingerprint density at radius 1 is 0.267 bits per heavy atom. The van der Waals surface area contributed by atoms with E-state index in [0.717, 1.165) is 101 Å². The summed E-state index contributed by atoms with van der Waals surface area (Å²) in [6.07, 6.45) is 32.8. The maximum Gasteiger partial charge on any atom is 2.00 e. The molecule has 4 N–H and O–H groups in total. The summed E-state index contributed by atoms with van der Waals surface area (Å²) < 4.78 is 0. The zero-order valence-corrected chi connectivity index (χ0v) is 69.4. The summed E-state index contributed by atoms with van der Waals surface area (Å²) in [6, 6.07) is 0. The first-order valence-corrected chi connectivity index (χ1v) is 30.0. The van der Waals surface area contributed by atoms with Gasteiger partial charge in [-0.3, -0.25) is 19.2 Å². The van der Waals surface area contributed by atoms with Crippen LogP contribution in [0.15, 0.2) is 0 Å². The van der Waals surface area contributed by atoms with Crippen LogP contribution in [0.5, 0.6) is 0 Å². The Balaban J connectivity index is -0.0000000525. The number of hydrogen-bond acceptors (Lipinski definition) is 23.